The van der Waals surface area contributed by atoms with E-state index in [9.17, 15) is 0 Å². The van der Waals surface area contributed by atoms with Gasteiger partial charge in [-0.15, -0.1) is 0 Å². The minimum Gasteiger partial charge on any atom is -0.375 e. The second-order valence-corrected chi connectivity index (χ2v) is 4.73. The molecule has 1 heteroatoms. The minimum absolute atomic E-state index is 0.328. The number of ether oxygens (including phenoxy) is 1. The van der Waals surface area contributed by atoms with Crippen LogP contribution in [0.3, 0.4) is 0 Å². The monoisotopic (exact) mass is 156 g/mol. The molecule has 1 nitrogen and oxygen atoms in total. The molecule has 1 saturated heterocycles. The van der Waals surface area contributed by atoms with E-state index in [1.54, 1.807) is 0 Å². The van der Waals surface area contributed by atoms with Crippen LogP contribution in [-0.2, 0) is 4.74 Å². The van der Waals surface area contributed by atoms with Crippen LogP contribution in [0.15, 0.2) is 0 Å². The third-order valence-electron chi connectivity index (χ3n) is 2.44. The Morgan fingerprint density at radius 1 is 1.18 bits per heavy atom. The van der Waals surface area contributed by atoms with Crippen LogP contribution >= 0.6 is 0 Å². The van der Waals surface area contributed by atoms with E-state index in [1.807, 2.05) is 0 Å². The quantitative estimate of drug-likeness (QED) is 0.524. The second kappa shape index (κ2) is 3.14. The zero-order chi connectivity index (χ0) is 8.48. The summed E-state index contributed by atoms with van der Waals surface area (Å²) in [6, 6.07) is 0. The molecule has 1 heterocycles. The van der Waals surface area contributed by atoms with E-state index in [2.05, 4.69) is 27.7 Å². The van der Waals surface area contributed by atoms with Crippen molar-refractivity contribution in [1.82, 2.24) is 0 Å². The first kappa shape index (κ1) is 9.05. The average Bonchev–Trinajstić information content (AvgIpc) is 1.86. The second-order valence-electron chi connectivity index (χ2n) is 4.73. The normalized spacial score (nSPS) is 33.8. The summed E-state index contributed by atoms with van der Waals surface area (Å²) in [5.41, 5.74) is 0.328. The van der Waals surface area contributed by atoms with E-state index < -0.39 is 0 Å². The van der Waals surface area contributed by atoms with Crippen molar-refractivity contribution in [2.75, 3.05) is 0 Å². The molecule has 2 atom stereocenters. The lowest BCUT2D eigenvalue weighted by atomic mass is 9.84. The molecule has 1 rings (SSSR count). The maximum absolute atomic E-state index is 5.85. The Kier molecular flexibility index (Phi) is 2.58. The van der Waals surface area contributed by atoms with Gasteiger partial charge in [-0.3, -0.25) is 0 Å². The summed E-state index contributed by atoms with van der Waals surface area (Å²) in [6.45, 7) is 8.96. The van der Waals surface area contributed by atoms with E-state index >= 15 is 0 Å². The Morgan fingerprint density at radius 2 is 1.82 bits per heavy atom. The molecule has 1 aliphatic rings. The Bertz CT molecular complexity index is 123. The number of hydrogen-bond acceptors (Lipinski definition) is 1. The smallest absolute Gasteiger partial charge is 0.0627 e. The van der Waals surface area contributed by atoms with Gasteiger partial charge in [-0.25, -0.2) is 0 Å². The molecule has 0 aromatic heterocycles. The summed E-state index contributed by atoms with van der Waals surface area (Å²) in [4.78, 5) is 0. The van der Waals surface area contributed by atoms with E-state index in [4.69, 9.17) is 4.74 Å². The topological polar surface area (TPSA) is 9.23 Å². The van der Waals surface area contributed by atoms with Gasteiger partial charge in [0.2, 0.25) is 0 Å². The predicted octanol–water partition coefficient (Wildman–Crippen LogP) is 2.99. The van der Waals surface area contributed by atoms with E-state index in [0.29, 0.717) is 17.6 Å². The van der Waals surface area contributed by atoms with Gasteiger partial charge >= 0.3 is 0 Å². The maximum Gasteiger partial charge on any atom is 0.0627 e. The molecule has 0 aromatic carbocycles. The molecule has 1 aliphatic heterocycles. The first-order valence-electron chi connectivity index (χ1n) is 4.65. The lowest BCUT2D eigenvalue weighted by Gasteiger charge is -2.36. The van der Waals surface area contributed by atoms with Crippen molar-refractivity contribution in [3.8, 4) is 0 Å². The summed E-state index contributed by atoms with van der Waals surface area (Å²) in [5, 5.41) is 0. The summed E-state index contributed by atoms with van der Waals surface area (Å²) in [7, 11) is 0. The molecule has 0 aromatic rings. The summed E-state index contributed by atoms with van der Waals surface area (Å²) in [6.07, 6.45) is 4.78. The highest BCUT2D eigenvalue weighted by molar-refractivity contribution is 4.78. The van der Waals surface area contributed by atoms with E-state index in [1.165, 1.54) is 19.3 Å². The molecular weight excluding hydrogens is 136 g/mol. The van der Waals surface area contributed by atoms with Gasteiger partial charge in [0.1, 0.15) is 0 Å². The average molecular weight is 156 g/mol. The molecule has 1 fully saturated rings. The third-order valence-corrected chi connectivity index (χ3v) is 2.44. The van der Waals surface area contributed by atoms with Crippen LogP contribution in [0.1, 0.15) is 47.0 Å². The number of hydrogen-bond donors (Lipinski definition) is 0. The predicted molar refractivity (Wildman–Crippen MR) is 47.6 cm³/mol. The highest BCUT2D eigenvalue weighted by atomic mass is 16.5. The van der Waals surface area contributed by atoms with Gasteiger partial charge in [0.25, 0.3) is 0 Å². The molecule has 66 valence electrons. The Hall–Kier alpha value is -0.0400. The molecule has 0 radical (unpaired) electrons. The van der Waals surface area contributed by atoms with Crippen LogP contribution < -0.4 is 0 Å². The third kappa shape index (κ3) is 2.48. The molecule has 1 unspecified atom stereocenters. The first-order valence-corrected chi connectivity index (χ1v) is 4.65. The van der Waals surface area contributed by atoms with Crippen LogP contribution in [-0.4, -0.2) is 12.2 Å². The minimum atomic E-state index is 0.328. The largest absolute Gasteiger partial charge is 0.375 e. The maximum atomic E-state index is 5.85. The molecule has 11 heavy (non-hydrogen) atoms. The molecule has 0 saturated carbocycles. The molecule has 0 aliphatic carbocycles. The van der Waals surface area contributed by atoms with Gasteiger partial charge in [0.15, 0.2) is 0 Å². The van der Waals surface area contributed by atoms with Crippen molar-refractivity contribution in [2.24, 2.45) is 5.41 Å². The Balaban J connectivity index is 2.46. The molecule has 0 amide bonds. The highest BCUT2D eigenvalue weighted by Crippen LogP contribution is 2.31. The van der Waals surface area contributed by atoms with Crippen LogP contribution in [0.25, 0.3) is 0 Å². The first-order chi connectivity index (χ1) is 5.00. The van der Waals surface area contributed by atoms with Crippen molar-refractivity contribution in [3.63, 3.8) is 0 Å². The van der Waals surface area contributed by atoms with Crippen molar-refractivity contribution in [3.05, 3.63) is 0 Å². The fourth-order valence-electron chi connectivity index (χ4n) is 1.64. The summed E-state index contributed by atoms with van der Waals surface area (Å²) in [5.74, 6) is 0. The van der Waals surface area contributed by atoms with Gasteiger partial charge in [0.05, 0.1) is 12.2 Å². The zero-order valence-electron chi connectivity index (χ0n) is 8.18. The fraction of sp³-hybridized carbons (Fsp3) is 1.00. The van der Waals surface area contributed by atoms with Gasteiger partial charge in [0, 0.05) is 0 Å². The standard InChI is InChI=1S/C10H20O/c1-8-6-5-7-9(11-8)10(2,3)4/h8-9H,5-7H2,1-4H3/t8-,9?/m1/s1. The lowest BCUT2D eigenvalue weighted by molar-refractivity contribution is -0.0904. The van der Waals surface area contributed by atoms with Crippen molar-refractivity contribution in [1.29, 1.82) is 0 Å². The summed E-state index contributed by atoms with van der Waals surface area (Å²) < 4.78 is 5.85. The van der Waals surface area contributed by atoms with Crippen LogP contribution in [0.5, 0.6) is 0 Å². The summed E-state index contributed by atoms with van der Waals surface area (Å²) >= 11 is 0. The Morgan fingerprint density at radius 3 is 2.18 bits per heavy atom. The molecular formula is C10H20O. The van der Waals surface area contributed by atoms with E-state index in [-0.39, 0.29) is 0 Å². The van der Waals surface area contributed by atoms with Crippen molar-refractivity contribution >= 4 is 0 Å². The van der Waals surface area contributed by atoms with Crippen LogP contribution in [0, 0.1) is 5.41 Å². The molecule has 0 spiro atoms. The van der Waals surface area contributed by atoms with Crippen molar-refractivity contribution in [2.45, 2.75) is 59.2 Å². The van der Waals surface area contributed by atoms with Gasteiger partial charge in [-0.05, 0) is 31.6 Å². The zero-order valence-corrected chi connectivity index (χ0v) is 8.18. The van der Waals surface area contributed by atoms with Gasteiger partial charge in [-0.2, -0.15) is 0 Å². The van der Waals surface area contributed by atoms with Gasteiger partial charge in [-0.1, -0.05) is 20.8 Å². The SMILES string of the molecule is C[C@@H]1CCCC(C(C)(C)C)O1. The highest BCUT2D eigenvalue weighted by Gasteiger charge is 2.29. The molecule has 0 N–H and O–H groups in total. The molecule has 0 bridgehead atoms. The van der Waals surface area contributed by atoms with Crippen LogP contribution in [0.4, 0.5) is 0 Å². The fourth-order valence-corrected chi connectivity index (χ4v) is 1.64. The van der Waals surface area contributed by atoms with Crippen molar-refractivity contribution < 1.29 is 4.74 Å². The van der Waals surface area contributed by atoms with Gasteiger partial charge < -0.3 is 4.74 Å². The Labute approximate surface area is 70.1 Å². The number of rotatable bonds is 0. The van der Waals surface area contributed by atoms with Crippen LogP contribution in [0.2, 0.25) is 0 Å². The lowest BCUT2D eigenvalue weighted by Crippen LogP contribution is -2.35. The van der Waals surface area contributed by atoms with E-state index in [0.717, 1.165) is 0 Å².